The minimum absolute atomic E-state index is 0.0866. The van der Waals surface area contributed by atoms with E-state index < -0.39 is 8.38 Å². The summed E-state index contributed by atoms with van der Waals surface area (Å²) in [6.45, 7) is 29.4. The number of hydrogen-bond acceptors (Lipinski definition) is 2. The van der Waals surface area contributed by atoms with Crippen molar-refractivity contribution in [2.75, 3.05) is 0 Å². The smallest absolute Gasteiger partial charge is 0.326 e. The van der Waals surface area contributed by atoms with E-state index in [-0.39, 0.29) is 10.8 Å². The first kappa shape index (κ1) is 35.8. The predicted octanol–water partition coefficient (Wildman–Crippen LogP) is 12.4. The van der Waals surface area contributed by atoms with E-state index in [1.165, 1.54) is 50.1 Å². The standard InChI is InChI=1S/C43H57O2P/c1-28(2)22-35-26-38(42(8,9)10)40(24-31(35)6)44-46(37-20-18-34(19-21-37)33-16-14-30(5)15-17-33)45-41-25-32(7)36(23-29(3)4)27-39(41)43(11,12)13/h14-21,24-29H,22-23H2,1-13H3. The normalized spacial score (nSPS) is 12.3. The second kappa shape index (κ2) is 14.4. The van der Waals surface area contributed by atoms with Gasteiger partial charge in [0.1, 0.15) is 11.5 Å². The fourth-order valence-electron chi connectivity index (χ4n) is 5.92. The van der Waals surface area contributed by atoms with Crippen LogP contribution >= 0.6 is 8.38 Å². The predicted molar refractivity (Wildman–Crippen MR) is 201 cm³/mol. The van der Waals surface area contributed by atoms with Gasteiger partial charge in [-0.1, -0.05) is 123 Å². The summed E-state index contributed by atoms with van der Waals surface area (Å²) < 4.78 is 14.2. The van der Waals surface area contributed by atoms with Crippen LogP contribution in [0.25, 0.3) is 11.1 Å². The quantitative estimate of drug-likeness (QED) is 0.161. The molecule has 46 heavy (non-hydrogen) atoms. The first-order chi connectivity index (χ1) is 21.4. The molecule has 4 aromatic carbocycles. The SMILES string of the molecule is Cc1ccc(-c2ccc(P(Oc3cc(C)c(CC(C)C)cc3C(C)(C)C)Oc3cc(C)c(CC(C)C)cc3C(C)(C)C)cc2)cc1. The van der Waals surface area contributed by atoms with Gasteiger partial charge in [0.2, 0.25) is 0 Å². The highest BCUT2D eigenvalue weighted by Gasteiger charge is 2.29. The van der Waals surface area contributed by atoms with E-state index in [2.05, 4.69) is 163 Å². The van der Waals surface area contributed by atoms with Crippen molar-refractivity contribution in [1.29, 1.82) is 0 Å². The van der Waals surface area contributed by atoms with Gasteiger partial charge in [0.05, 0.1) is 5.30 Å². The molecular formula is C43H57O2P. The molecule has 0 amide bonds. The molecule has 0 atom stereocenters. The molecule has 0 saturated carbocycles. The molecule has 0 aliphatic rings. The zero-order chi connectivity index (χ0) is 34.0. The van der Waals surface area contributed by atoms with E-state index in [1.807, 2.05) is 0 Å². The summed E-state index contributed by atoms with van der Waals surface area (Å²) >= 11 is 0. The van der Waals surface area contributed by atoms with Crippen molar-refractivity contribution in [3.63, 3.8) is 0 Å². The van der Waals surface area contributed by atoms with Gasteiger partial charge in [-0.25, -0.2) is 0 Å². The summed E-state index contributed by atoms with van der Waals surface area (Å²) in [6, 6.07) is 26.7. The van der Waals surface area contributed by atoms with E-state index in [9.17, 15) is 0 Å². The van der Waals surface area contributed by atoms with Crippen LogP contribution in [0.3, 0.4) is 0 Å². The zero-order valence-corrected chi connectivity index (χ0v) is 31.7. The van der Waals surface area contributed by atoms with Gasteiger partial charge in [0, 0.05) is 11.1 Å². The van der Waals surface area contributed by atoms with Crippen molar-refractivity contribution in [3.05, 3.63) is 112 Å². The lowest BCUT2D eigenvalue weighted by atomic mass is 9.83. The van der Waals surface area contributed by atoms with Crippen molar-refractivity contribution >= 4 is 13.7 Å². The van der Waals surface area contributed by atoms with E-state index in [0.717, 1.165) is 29.6 Å². The second-order valence-corrected chi connectivity index (χ2v) is 17.5. The summed E-state index contributed by atoms with van der Waals surface area (Å²) in [5.41, 5.74) is 11.3. The highest BCUT2D eigenvalue weighted by Crippen LogP contribution is 2.47. The Labute approximate surface area is 281 Å². The van der Waals surface area contributed by atoms with Crippen molar-refractivity contribution in [2.45, 2.75) is 114 Å². The molecule has 0 spiro atoms. The highest BCUT2D eigenvalue weighted by molar-refractivity contribution is 7.56. The molecule has 0 aliphatic heterocycles. The third kappa shape index (κ3) is 9.04. The van der Waals surface area contributed by atoms with Gasteiger partial charge >= 0.3 is 8.38 Å². The maximum Gasteiger partial charge on any atom is 0.326 e. The van der Waals surface area contributed by atoms with Gasteiger partial charge in [-0.2, -0.15) is 0 Å². The lowest BCUT2D eigenvalue weighted by Crippen LogP contribution is -2.18. The third-order valence-electron chi connectivity index (χ3n) is 8.57. The molecular weight excluding hydrogens is 579 g/mol. The maximum atomic E-state index is 7.11. The molecule has 0 radical (unpaired) electrons. The van der Waals surface area contributed by atoms with Gasteiger partial charge in [-0.05, 0) is 114 Å². The second-order valence-electron chi connectivity index (χ2n) is 16.1. The first-order valence-electron chi connectivity index (χ1n) is 17.0. The van der Waals surface area contributed by atoms with Gasteiger partial charge < -0.3 is 9.05 Å². The van der Waals surface area contributed by atoms with E-state index in [0.29, 0.717) is 11.8 Å². The Morgan fingerprint density at radius 2 is 0.913 bits per heavy atom. The van der Waals surface area contributed by atoms with Crippen molar-refractivity contribution in [1.82, 2.24) is 0 Å². The van der Waals surface area contributed by atoms with Gasteiger partial charge in [0.15, 0.2) is 0 Å². The summed E-state index contributed by atoms with van der Waals surface area (Å²) in [5, 5.41) is 1.05. The maximum absolute atomic E-state index is 7.11. The van der Waals surface area contributed by atoms with E-state index in [4.69, 9.17) is 9.05 Å². The minimum Gasteiger partial charge on any atom is -0.435 e. The monoisotopic (exact) mass is 636 g/mol. The van der Waals surface area contributed by atoms with Crippen LogP contribution < -0.4 is 14.4 Å². The van der Waals surface area contributed by atoms with Gasteiger partial charge in [0.25, 0.3) is 0 Å². The molecule has 0 unspecified atom stereocenters. The largest absolute Gasteiger partial charge is 0.435 e. The van der Waals surface area contributed by atoms with Crippen LogP contribution in [0.2, 0.25) is 0 Å². The molecule has 4 aromatic rings. The molecule has 0 fully saturated rings. The van der Waals surface area contributed by atoms with Gasteiger partial charge in [-0.15, -0.1) is 0 Å². The topological polar surface area (TPSA) is 18.5 Å². The van der Waals surface area contributed by atoms with Crippen LogP contribution in [0.1, 0.15) is 108 Å². The summed E-state index contributed by atoms with van der Waals surface area (Å²) in [6.07, 6.45) is 2.11. The van der Waals surface area contributed by atoms with Crippen LogP contribution in [0, 0.1) is 32.6 Å². The molecule has 0 aliphatic carbocycles. The van der Waals surface area contributed by atoms with Crippen molar-refractivity contribution in [3.8, 4) is 22.6 Å². The Hall–Kier alpha value is -3.09. The molecule has 3 heteroatoms. The Kier molecular flexibility index (Phi) is 11.2. The highest BCUT2D eigenvalue weighted by atomic mass is 31.2. The third-order valence-corrected chi connectivity index (χ3v) is 10.0. The Morgan fingerprint density at radius 3 is 1.26 bits per heavy atom. The molecule has 4 rings (SSSR count). The van der Waals surface area contributed by atoms with E-state index in [1.54, 1.807) is 0 Å². The van der Waals surface area contributed by atoms with Crippen LogP contribution in [-0.2, 0) is 23.7 Å². The molecule has 246 valence electrons. The lowest BCUT2D eigenvalue weighted by molar-refractivity contribution is 0.467. The number of benzene rings is 4. The van der Waals surface area contributed by atoms with E-state index >= 15 is 0 Å². The van der Waals surface area contributed by atoms with Gasteiger partial charge in [-0.3, -0.25) is 0 Å². The van der Waals surface area contributed by atoms with Crippen LogP contribution in [0.15, 0.2) is 72.8 Å². The summed E-state index contributed by atoms with van der Waals surface area (Å²) in [4.78, 5) is 0. The molecule has 0 N–H and O–H groups in total. The van der Waals surface area contributed by atoms with Crippen molar-refractivity contribution < 1.29 is 9.05 Å². The Balaban J connectivity index is 1.85. The zero-order valence-electron chi connectivity index (χ0n) is 30.8. The van der Waals surface area contributed by atoms with Crippen LogP contribution in [-0.4, -0.2) is 0 Å². The number of hydrogen-bond donors (Lipinski definition) is 0. The van der Waals surface area contributed by atoms with Crippen molar-refractivity contribution in [2.24, 2.45) is 11.8 Å². The van der Waals surface area contributed by atoms with Crippen LogP contribution in [0.5, 0.6) is 11.5 Å². The molecule has 0 bridgehead atoms. The van der Waals surface area contributed by atoms with Crippen LogP contribution in [0.4, 0.5) is 0 Å². The Morgan fingerprint density at radius 1 is 0.543 bits per heavy atom. The summed E-state index contributed by atoms with van der Waals surface area (Å²) in [7, 11) is -1.50. The minimum atomic E-state index is -1.50. The fourth-order valence-corrected chi connectivity index (χ4v) is 7.22. The number of rotatable bonds is 10. The average molecular weight is 637 g/mol. The number of aryl methyl sites for hydroxylation is 3. The molecule has 0 heterocycles. The fraction of sp³-hybridized carbons (Fsp3) is 0.442. The lowest BCUT2D eigenvalue weighted by Gasteiger charge is -2.30. The molecule has 0 aromatic heterocycles. The Bertz CT molecular complexity index is 1530. The summed E-state index contributed by atoms with van der Waals surface area (Å²) in [5.74, 6) is 3.00. The molecule has 2 nitrogen and oxygen atoms in total. The molecule has 0 saturated heterocycles. The average Bonchev–Trinajstić information content (AvgIpc) is 2.94. The first-order valence-corrected chi connectivity index (χ1v) is 18.2.